The van der Waals surface area contributed by atoms with Gasteiger partial charge in [0.25, 0.3) is 5.91 Å². The first-order valence-corrected chi connectivity index (χ1v) is 9.15. The van der Waals surface area contributed by atoms with Gasteiger partial charge in [0.2, 0.25) is 5.95 Å². The quantitative estimate of drug-likeness (QED) is 0.751. The Morgan fingerprint density at radius 2 is 2.04 bits per heavy atom. The number of aryl methyl sites for hydroxylation is 2. The van der Waals surface area contributed by atoms with Crippen LogP contribution in [0.1, 0.15) is 28.1 Å². The van der Waals surface area contributed by atoms with Crippen molar-refractivity contribution in [1.82, 2.24) is 14.9 Å². The van der Waals surface area contributed by atoms with Gasteiger partial charge in [0.1, 0.15) is 17.2 Å². The van der Waals surface area contributed by atoms with Gasteiger partial charge in [-0.05, 0) is 32.4 Å². The summed E-state index contributed by atoms with van der Waals surface area (Å²) in [4.78, 5) is 25.9. The second-order valence-corrected chi connectivity index (χ2v) is 6.95. The fourth-order valence-corrected chi connectivity index (χ4v) is 3.45. The molecule has 0 saturated carbocycles. The Hall–Kier alpha value is -3.09. The molecule has 140 valence electrons. The maximum atomic E-state index is 13.1. The van der Waals surface area contributed by atoms with Crippen molar-refractivity contribution in [2.24, 2.45) is 0 Å². The minimum Gasteiger partial charge on any atom is -0.461 e. The van der Waals surface area contributed by atoms with E-state index in [1.807, 2.05) is 43.0 Å². The molecule has 2 aromatic heterocycles. The molecule has 1 amide bonds. The summed E-state index contributed by atoms with van der Waals surface area (Å²) in [7, 11) is 0. The van der Waals surface area contributed by atoms with Crippen molar-refractivity contribution in [1.29, 1.82) is 0 Å². The Labute approximate surface area is 157 Å². The van der Waals surface area contributed by atoms with Crippen molar-refractivity contribution < 1.29 is 9.21 Å². The number of aromatic nitrogens is 2. The molecule has 0 spiro atoms. The Kier molecular flexibility index (Phi) is 4.43. The van der Waals surface area contributed by atoms with Crippen molar-refractivity contribution >= 4 is 28.6 Å². The highest BCUT2D eigenvalue weighted by atomic mass is 16.3. The Morgan fingerprint density at radius 3 is 2.85 bits per heavy atom. The van der Waals surface area contributed by atoms with E-state index < -0.39 is 0 Å². The van der Waals surface area contributed by atoms with E-state index in [0.717, 1.165) is 29.7 Å². The maximum Gasteiger partial charge on any atom is 0.257 e. The molecule has 7 heteroatoms. The molecular formula is C20H23N5O2. The van der Waals surface area contributed by atoms with E-state index >= 15 is 0 Å². The number of nitrogens with zero attached hydrogens (tertiary/aromatic N) is 4. The molecule has 0 radical (unpaired) electrons. The van der Waals surface area contributed by atoms with Crippen LogP contribution >= 0.6 is 0 Å². The average Bonchev–Trinajstić information content (AvgIpc) is 2.88. The van der Waals surface area contributed by atoms with E-state index in [4.69, 9.17) is 10.2 Å². The molecule has 27 heavy (non-hydrogen) atoms. The van der Waals surface area contributed by atoms with Crippen LogP contribution in [0.15, 0.2) is 34.9 Å². The van der Waals surface area contributed by atoms with E-state index in [1.165, 1.54) is 0 Å². The zero-order valence-electron chi connectivity index (χ0n) is 15.6. The normalized spacial score (nSPS) is 15.2. The number of nitrogens with two attached hydrogens (primary N) is 1. The minimum absolute atomic E-state index is 0.00105. The third-order valence-electron chi connectivity index (χ3n) is 4.96. The molecule has 1 saturated heterocycles. The van der Waals surface area contributed by atoms with E-state index in [9.17, 15) is 4.79 Å². The average molecular weight is 365 g/mol. The third kappa shape index (κ3) is 3.32. The smallest absolute Gasteiger partial charge is 0.257 e. The summed E-state index contributed by atoms with van der Waals surface area (Å²) in [5.74, 6) is 1.93. The lowest BCUT2D eigenvalue weighted by molar-refractivity contribution is 0.0768. The summed E-state index contributed by atoms with van der Waals surface area (Å²) in [6.45, 7) is 6.53. The largest absolute Gasteiger partial charge is 0.461 e. The van der Waals surface area contributed by atoms with Crippen molar-refractivity contribution in [3.63, 3.8) is 0 Å². The molecule has 1 aromatic carbocycles. The first kappa shape index (κ1) is 17.3. The van der Waals surface area contributed by atoms with Crippen LogP contribution in [0.25, 0.3) is 11.0 Å². The molecule has 0 unspecified atom stereocenters. The second kappa shape index (κ2) is 6.90. The summed E-state index contributed by atoms with van der Waals surface area (Å²) in [6.07, 6.45) is 2.58. The van der Waals surface area contributed by atoms with Crippen LogP contribution in [0.4, 0.5) is 11.8 Å². The number of hydrogen-bond donors (Lipinski definition) is 1. The topological polar surface area (TPSA) is 88.5 Å². The number of rotatable bonds is 2. The predicted octanol–water partition coefficient (Wildman–Crippen LogP) is 2.77. The van der Waals surface area contributed by atoms with Gasteiger partial charge in [0.05, 0.1) is 5.56 Å². The summed E-state index contributed by atoms with van der Waals surface area (Å²) < 4.78 is 5.77. The highest BCUT2D eigenvalue weighted by Gasteiger charge is 2.24. The van der Waals surface area contributed by atoms with Gasteiger partial charge < -0.3 is 20.0 Å². The number of amides is 1. The summed E-state index contributed by atoms with van der Waals surface area (Å²) in [5.41, 5.74) is 8.07. The number of nitrogen functional groups attached to an aromatic ring is 1. The van der Waals surface area contributed by atoms with Gasteiger partial charge in [-0.1, -0.05) is 12.1 Å². The van der Waals surface area contributed by atoms with Gasteiger partial charge in [0.15, 0.2) is 0 Å². The number of para-hydroxylation sites is 1. The van der Waals surface area contributed by atoms with Crippen LogP contribution in [0.2, 0.25) is 0 Å². The van der Waals surface area contributed by atoms with Gasteiger partial charge in [-0.25, -0.2) is 4.98 Å². The van der Waals surface area contributed by atoms with Crippen molar-refractivity contribution in [3.05, 3.63) is 47.3 Å². The third-order valence-corrected chi connectivity index (χ3v) is 4.96. The first-order chi connectivity index (χ1) is 13.0. The maximum absolute atomic E-state index is 13.1. The summed E-state index contributed by atoms with van der Waals surface area (Å²) in [6, 6.07) is 7.65. The SMILES string of the molecule is Cc1cc2cccc(C(=O)N3CCCN(c4ncc(C)c(N)n4)CC3)c2o1. The zero-order valence-corrected chi connectivity index (χ0v) is 15.6. The van der Waals surface area contributed by atoms with Gasteiger partial charge in [0, 0.05) is 43.3 Å². The molecule has 3 heterocycles. The summed E-state index contributed by atoms with van der Waals surface area (Å²) >= 11 is 0. The molecule has 1 aliphatic heterocycles. The highest BCUT2D eigenvalue weighted by molar-refractivity contribution is 6.05. The molecule has 7 nitrogen and oxygen atoms in total. The van der Waals surface area contributed by atoms with Crippen LogP contribution in [0.3, 0.4) is 0 Å². The molecule has 0 bridgehead atoms. The van der Waals surface area contributed by atoms with Gasteiger partial charge in [-0.2, -0.15) is 4.98 Å². The molecule has 2 N–H and O–H groups in total. The number of furan rings is 1. The molecule has 0 atom stereocenters. The number of hydrogen-bond acceptors (Lipinski definition) is 6. The molecule has 0 aliphatic carbocycles. The van der Waals surface area contributed by atoms with Gasteiger partial charge in [-0.3, -0.25) is 4.79 Å². The van der Waals surface area contributed by atoms with Gasteiger partial charge >= 0.3 is 0 Å². The lowest BCUT2D eigenvalue weighted by Crippen LogP contribution is -2.35. The van der Waals surface area contributed by atoms with Crippen LogP contribution in [0, 0.1) is 13.8 Å². The highest BCUT2D eigenvalue weighted by Crippen LogP contribution is 2.24. The Balaban J connectivity index is 1.53. The monoisotopic (exact) mass is 365 g/mol. The van der Waals surface area contributed by atoms with Crippen molar-refractivity contribution in [2.45, 2.75) is 20.3 Å². The Bertz CT molecular complexity index is 997. The molecule has 1 aliphatic rings. The van der Waals surface area contributed by atoms with Crippen LogP contribution in [-0.2, 0) is 0 Å². The first-order valence-electron chi connectivity index (χ1n) is 9.15. The molecule has 4 rings (SSSR count). The van der Waals surface area contributed by atoms with Crippen molar-refractivity contribution in [2.75, 3.05) is 36.8 Å². The van der Waals surface area contributed by atoms with Crippen LogP contribution in [-0.4, -0.2) is 47.0 Å². The van der Waals surface area contributed by atoms with E-state index in [1.54, 1.807) is 6.20 Å². The number of carbonyl (C=O) groups is 1. The fraction of sp³-hybridized carbons (Fsp3) is 0.350. The number of anilines is 2. The second-order valence-electron chi connectivity index (χ2n) is 6.95. The zero-order chi connectivity index (χ0) is 19.0. The standard InChI is InChI=1S/C20H23N5O2/c1-13-12-22-20(23-18(13)21)25-8-4-7-24(9-10-25)19(26)16-6-3-5-15-11-14(2)27-17(15)16/h3,5-6,11-12H,4,7-10H2,1-2H3,(H2,21,22,23). The van der Waals surface area contributed by atoms with Crippen LogP contribution in [0.5, 0.6) is 0 Å². The number of benzene rings is 1. The lowest BCUT2D eigenvalue weighted by Gasteiger charge is -2.22. The fourth-order valence-electron chi connectivity index (χ4n) is 3.45. The lowest BCUT2D eigenvalue weighted by atomic mass is 10.1. The van der Waals surface area contributed by atoms with E-state index in [2.05, 4.69) is 14.9 Å². The number of carbonyl (C=O) groups excluding carboxylic acids is 1. The molecule has 1 fully saturated rings. The molecular weight excluding hydrogens is 342 g/mol. The predicted molar refractivity (Wildman–Crippen MR) is 105 cm³/mol. The van der Waals surface area contributed by atoms with E-state index in [0.29, 0.717) is 42.5 Å². The summed E-state index contributed by atoms with van der Waals surface area (Å²) in [5, 5.41) is 0.957. The minimum atomic E-state index is 0.00105. The Morgan fingerprint density at radius 1 is 1.19 bits per heavy atom. The van der Waals surface area contributed by atoms with Crippen molar-refractivity contribution in [3.8, 4) is 0 Å². The molecule has 3 aromatic rings. The number of fused-ring (bicyclic) bond motifs is 1. The van der Waals surface area contributed by atoms with Gasteiger partial charge in [-0.15, -0.1) is 0 Å². The van der Waals surface area contributed by atoms with Crippen LogP contribution < -0.4 is 10.6 Å². The van der Waals surface area contributed by atoms with E-state index in [-0.39, 0.29) is 5.91 Å².